The van der Waals surface area contributed by atoms with Gasteiger partial charge in [0.1, 0.15) is 0 Å². The minimum Gasteiger partial charge on any atom is -0.310 e. The van der Waals surface area contributed by atoms with Crippen molar-refractivity contribution in [1.29, 1.82) is 0 Å². The molecule has 0 heterocycles. The van der Waals surface area contributed by atoms with Gasteiger partial charge in [-0.15, -0.1) is 0 Å². The van der Waals surface area contributed by atoms with Gasteiger partial charge in [0.25, 0.3) is 0 Å². The van der Waals surface area contributed by atoms with Crippen LogP contribution in [0.1, 0.15) is 58.8 Å². The fourth-order valence-electron chi connectivity index (χ4n) is 2.18. The predicted molar refractivity (Wildman–Crippen MR) is 58.4 cm³/mol. The zero-order valence-corrected chi connectivity index (χ0v) is 9.18. The zero-order chi connectivity index (χ0) is 9.52. The first-order valence-corrected chi connectivity index (χ1v) is 5.92. The van der Waals surface area contributed by atoms with Crippen molar-refractivity contribution < 1.29 is 0 Å². The molecular weight excluding hydrogens is 158 g/mol. The van der Waals surface area contributed by atoms with E-state index in [1.54, 1.807) is 0 Å². The number of rotatable bonds is 5. The van der Waals surface area contributed by atoms with Crippen LogP contribution < -0.4 is 5.32 Å². The first-order valence-electron chi connectivity index (χ1n) is 5.92. The number of hydrogen-bond donors (Lipinski definition) is 1. The van der Waals surface area contributed by atoms with Gasteiger partial charge in [-0.1, -0.05) is 32.6 Å². The lowest BCUT2D eigenvalue weighted by Gasteiger charge is -2.28. The van der Waals surface area contributed by atoms with Crippen LogP contribution in [0.15, 0.2) is 0 Å². The summed E-state index contributed by atoms with van der Waals surface area (Å²) >= 11 is 0. The molecule has 1 nitrogen and oxygen atoms in total. The Kier molecular flexibility index (Phi) is 5.45. The first kappa shape index (κ1) is 11.0. The Morgan fingerprint density at radius 3 is 2.62 bits per heavy atom. The Hall–Kier alpha value is -0.0400. The molecule has 13 heavy (non-hydrogen) atoms. The van der Waals surface area contributed by atoms with Gasteiger partial charge in [0.2, 0.25) is 0 Å². The van der Waals surface area contributed by atoms with Crippen molar-refractivity contribution in [2.24, 2.45) is 5.92 Å². The smallest absolute Gasteiger partial charge is 0.0223 e. The lowest BCUT2D eigenvalue weighted by atomic mass is 9.84. The van der Waals surface area contributed by atoms with Gasteiger partial charge in [0, 0.05) is 12.6 Å². The normalized spacial score (nSPS) is 21.7. The highest BCUT2D eigenvalue weighted by atomic mass is 14.9. The van der Waals surface area contributed by atoms with Gasteiger partial charge < -0.3 is 5.32 Å². The summed E-state index contributed by atoms with van der Waals surface area (Å²) in [5.74, 6) is 0.932. The van der Waals surface area contributed by atoms with Crippen LogP contribution in [0, 0.1) is 12.5 Å². The van der Waals surface area contributed by atoms with E-state index in [0.29, 0.717) is 6.04 Å². The van der Waals surface area contributed by atoms with Crippen LogP contribution in [0.2, 0.25) is 0 Å². The molecule has 77 valence electrons. The lowest BCUT2D eigenvalue weighted by Crippen LogP contribution is -2.32. The predicted octanol–water partition coefficient (Wildman–Crippen LogP) is 3.51. The van der Waals surface area contributed by atoms with Crippen molar-refractivity contribution in [3.8, 4) is 0 Å². The van der Waals surface area contributed by atoms with Gasteiger partial charge in [-0.25, -0.2) is 0 Å². The molecule has 0 saturated heterocycles. The molecule has 1 N–H and O–H groups in total. The molecule has 1 unspecified atom stereocenters. The van der Waals surface area contributed by atoms with Crippen LogP contribution in [-0.4, -0.2) is 6.04 Å². The molecule has 1 fully saturated rings. The second-order valence-corrected chi connectivity index (χ2v) is 4.35. The third kappa shape index (κ3) is 4.12. The summed E-state index contributed by atoms with van der Waals surface area (Å²) in [6.45, 7) is 6.81. The molecule has 0 aromatic rings. The molecule has 1 aliphatic carbocycles. The van der Waals surface area contributed by atoms with E-state index in [2.05, 4.69) is 25.7 Å². The fraction of sp³-hybridized carbons (Fsp3) is 0.917. The molecule has 1 heteroatoms. The van der Waals surface area contributed by atoms with Crippen molar-refractivity contribution in [2.45, 2.75) is 64.8 Å². The number of nitrogens with one attached hydrogen (secondary N) is 1. The molecule has 0 aliphatic heterocycles. The standard InChI is InChI=1S/C12H24N/c1-3-4-10-13-11(2)12-8-6-5-7-9-12/h10-13H,3-9H2,1-2H3. The number of hydrogen-bond acceptors (Lipinski definition) is 1. The van der Waals surface area contributed by atoms with Crippen LogP contribution in [0.4, 0.5) is 0 Å². The maximum absolute atomic E-state index is 3.53. The van der Waals surface area contributed by atoms with E-state index >= 15 is 0 Å². The van der Waals surface area contributed by atoms with Gasteiger partial charge >= 0.3 is 0 Å². The lowest BCUT2D eigenvalue weighted by molar-refractivity contribution is 0.290. The topological polar surface area (TPSA) is 12.0 Å². The van der Waals surface area contributed by atoms with Gasteiger partial charge in [0.15, 0.2) is 0 Å². The average Bonchev–Trinajstić information content (AvgIpc) is 2.19. The van der Waals surface area contributed by atoms with Crippen molar-refractivity contribution in [1.82, 2.24) is 5.32 Å². The van der Waals surface area contributed by atoms with Gasteiger partial charge in [-0.05, 0) is 32.1 Å². The minimum absolute atomic E-state index is 0.701. The van der Waals surface area contributed by atoms with E-state index in [1.807, 2.05) is 0 Å². The number of unbranched alkanes of at least 4 members (excludes halogenated alkanes) is 1. The van der Waals surface area contributed by atoms with Crippen molar-refractivity contribution in [3.05, 3.63) is 6.54 Å². The maximum Gasteiger partial charge on any atom is 0.0223 e. The molecular formula is C12H24N. The fourth-order valence-corrected chi connectivity index (χ4v) is 2.18. The highest BCUT2D eigenvalue weighted by molar-refractivity contribution is 4.78. The van der Waals surface area contributed by atoms with Crippen molar-refractivity contribution in [2.75, 3.05) is 0 Å². The van der Waals surface area contributed by atoms with Gasteiger partial charge in [-0.2, -0.15) is 0 Å². The minimum atomic E-state index is 0.701. The first-order chi connectivity index (χ1) is 6.34. The SMILES string of the molecule is CCC[CH]NC(C)C1CCCCC1. The van der Waals surface area contributed by atoms with Crippen molar-refractivity contribution >= 4 is 0 Å². The van der Waals surface area contributed by atoms with E-state index in [9.17, 15) is 0 Å². The summed E-state index contributed by atoms with van der Waals surface area (Å²) in [5, 5.41) is 3.53. The zero-order valence-electron chi connectivity index (χ0n) is 9.18. The van der Waals surface area contributed by atoms with Crippen LogP contribution in [0.3, 0.4) is 0 Å². The Bertz CT molecular complexity index is 116. The molecule has 1 rings (SSSR count). The van der Waals surface area contributed by atoms with Crippen LogP contribution in [0.5, 0.6) is 0 Å². The quantitative estimate of drug-likeness (QED) is 0.642. The Labute approximate surface area is 83.3 Å². The Balaban J connectivity index is 2.09. The molecule has 0 spiro atoms. The summed E-state index contributed by atoms with van der Waals surface area (Å²) < 4.78 is 0. The van der Waals surface area contributed by atoms with Crippen LogP contribution >= 0.6 is 0 Å². The van der Waals surface area contributed by atoms with Crippen LogP contribution in [-0.2, 0) is 0 Å². The van der Waals surface area contributed by atoms with Crippen molar-refractivity contribution in [3.63, 3.8) is 0 Å². The van der Waals surface area contributed by atoms with E-state index in [1.165, 1.54) is 44.9 Å². The highest BCUT2D eigenvalue weighted by Crippen LogP contribution is 2.26. The highest BCUT2D eigenvalue weighted by Gasteiger charge is 2.18. The molecule has 0 aromatic carbocycles. The van der Waals surface area contributed by atoms with Gasteiger partial charge in [0.05, 0.1) is 0 Å². The van der Waals surface area contributed by atoms with E-state index < -0.39 is 0 Å². The second-order valence-electron chi connectivity index (χ2n) is 4.35. The molecule has 1 atom stereocenters. The molecule has 0 amide bonds. The molecule has 1 aliphatic rings. The van der Waals surface area contributed by atoms with E-state index in [-0.39, 0.29) is 0 Å². The van der Waals surface area contributed by atoms with E-state index in [0.717, 1.165) is 5.92 Å². The molecule has 0 bridgehead atoms. The van der Waals surface area contributed by atoms with Gasteiger partial charge in [-0.3, -0.25) is 0 Å². The summed E-state index contributed by atoms with van der Waals surface area (Å²) in [4.78, 5) is 0. The monoisotopic (exact) mass is 182 g/mol. The second kappa shape index (κ2) is 6.42. The summed E-state index contributed by atoms with van der Waals surface area (Å²) in [6.07, 6.45) is 9.69. The maximum atomic E-state index is 3.53. The largest absolute Gasteiger partial charge is 0.310 e. The Morgan fingerprint density at radius 2 is 2.00 bits per heavy atom. The van der Waals surface area contributed by atoms with Crippen LogP contribution in [0.25, 0.3) is 0 Å². The third-order valence-corrected chi connectivity index (χ3v) is 3.17. The Morgan fingerprint density at radius 1 is 1.31 bits per heavy atom. The summed E-state index contributed by atoms with van der Waals surface area (Å²) in [5.41, 5.74) is 0. The average molecular weight is 182 g/mol. The summed E-state index contributed by atoms with van der Waals surface area (Å²) in [7, 11) is 0. The molecule has 1 radical (unpaired) electrons. The summed E-state index contributed by atoms with van der Waals surface area (Å²) in [6, 6.07) is 0.701. The van der Waals surface area contributed by atoms with E-state index in [4.69, 9.17) is 0 Å². The molecule has 0 aromatic heterocycles. The third-order valence-electron chi connectivity index (χ3n) is 3.17. The molecule has 1 saturated carbocycles.